The molecule has 0 radical (unpaired) electrons. The maximum atomic E-state index is 14.2. The number of imidazole rings is 1. The summed E-state index contributed by atoms with van der Waals surface area (Å²) in [4.78, 5) is 34.4. The summed E-state index contributed by atoms with van der Waals surface area (Å²) in [5.41, 5.74) is 5.93. The maximum absolute atomic E-state index is 14.2. The van der Waals surface area contributed by atoms with Gasteiger partial charge in [0.15, 0.2) is 17.4 Å². The number of piperazine rings is 1. The Morgan fingerprint density at radius 3 is 2.78 bits per heavy atom. The first-order chi connectivity index (χ1) is 22.0. The van der Waals surface area contributed by atoms with Gasteiger partial charge >= 0.3 is 0 Å². The summed E-state index contributed by atoms with van der Waals surface area (Å²) in [6.07, 6.45) is 4.40. The number of carbonyl (C=O) groups excluding carboxylic acids is 1. The van der Waals surface area contributed by atoms with Crippen molar-refractivity contribution in [3.8, 4) is 28.4 Å². The van der Waals surface area contributed by atoms with Gasteiger partial charge in [0.05, 0.1) is 35.8 Å². The van der Waals surface area contributed by atoms with Gasteiger partial charge in [-0.3, -0.25) is 14.8 Å². The molecule has 12 nitrogen and oxygen atoms in total. The number of anilines is 1. The molecule has 5 aromatic rings. The number of H-pyrrole nitrogens is 2. The van der Waals surface area contributed by atoms with Crippen LogP contribution in [0.1, 0.15) is 34.4 Å². The molecule has 5 heterocycles. The van der Waals surface area contributed by atoms with Gasteiger partial charge in [0.2, 0.25) is 0 Å². The summed E-state index contributed by atoms with van der Waals surface area (Å²) >= 11 is 0. The number of hydrogen-bond donors (Lipinski definition) is 5. The lowest BCUT2D eigenvalue weighted by atomic mass is 9.96. The van der Waals surface area contributed by atoms with E-state index < -0.39 is 5.82 Å². The molecule has 1 fully saturated rings. The molecular weight excluding hydrogens is 575 g/mol. The number of carbonyl (C=O) groups is 1. The number of hydrogen-bond acceptors (Lipinski definition) is 9. The Morgan fingerprint density at radius 2 is 1.98 bits per heavy atom. The number of halogens is 1. The fourth-order valence-corrected chi connectivity index (χ4v) is 6.08. The Hall–Kier alpha value is -4.88. The lowest BCUT2D eigenvalue weighted by Gasteiger charge is -2.27. The zero-order chi connectivity index (χ0) is 30.9. The molecule has 0 atom stereocenters. The minimum absolute atomic E-state index is 0.175. The Balaban J connectivity index is 1.03. The van der Waals surface area contributed by atoms with Crippen LogP contribution < -0.4 is 10.6 Å². The fourth-order valence-electron chi connectivity index (χ4n) is 6.08. The van der Waals surface area contributed by atoms with Crippen LogP contribution in [-0.2, 0) is 19.4 Å². The molecule has 1 saturated heterocycles. The number of amides is 1. The minimum atomic E-state index is -0.654. The van der Waals surface area contributed by atoms with Gasteiger partial charge in [-0.05, 0) is 47.4 Å². The van der Waals surface area contributed by atoms with Crippen LogP contribution in [0.15, 0.2) is 42.7 Å². The molecule has 2 aliphatic heterocycles. The molecule has 13 heteroatoms. The van der Waals surface area contributed by atoms with Gasteiger partial charge in [-0.15, -0.1) is 0 Å². The van der Waals surface area contributed by atoms with Crippen molar-refractivity contribution in [3.05, 3.63) is 71.2 Å². The minimum Gasteiger partial charge on any atom is -0.505 e. The first-order valence-corrected chi connectivity index (χ1v) is 15.3. The lowest BCUT2D eigenvalue weighted by Crippen LogP contribution is -2.45. The van der Waals surface area contributed by atoms with E-state index in [4.69, 9.17) is 4.98 Å². The van der Waals surface area contributed by atoms with Crippen LogP contribution in [0.5, 0.6) is 5.75 Å². The van der Waals surface area contributed by atoms with Gasteiger partial charge in [0.1, 0.15) is 17.2 Å². The fraction of sp³-hybridized carbons (Fsp3) is 0.344. The summed E-state index contributed by atoms with van der Waals surface area (Å²) in [7, 11) is 0. The van der Waals surface area contributed by atoms with Gasteiger partial charge in [-0.2, -0.15) is 5.10 Å². The maximum Gasteiger partial charge on any atom is 0.274 e. The molecule has 0 spiro atoms. The average molecular weight is 611 g/mol. The highest BCUT2D eigenvalue weighted by molar-refractivity contribution is 5.94. The number of aromatic nitrogens is 6. The first kappa shape index (κ1) is 28.9. The zero-order valence-corrected chi connectivity index (χ0v) is 25.0. The molecule has 1 amide bonds. The normalized spacial score (nSPS) is 15.4. The summed E-state index contributed by atoms with van der Waals surface area (Å²) in [6.45, 7) is 8.69. The largest absolute Gasteiger partial charge is 0.505 e. The molecule has 232 valence electrons. The van der Waals surface area contributed by atoms with Gasteiger partial charge in [0.25, 0.3) is 5.91 Å². The van der Waals surface area contributed by atoms with Crippen molar-refractivity contribution in [1.82, 2.24) is 45.2 Å². The predicted octanol–water partition coefficient (Wildman–Crippen LogP) is 3.33. The van der Waals surface area contributed by atoms with Crippen LogP contribution in [0.3, 0.4) is 0 Å². The summed E-state index contributed by atoms with van der Waals surface area (Å²) in [5.74, 6) is 0.0955. The third-order valence-electron chi connectivity index (χ3n) is 8.59. The standard InChI is InChI=1S/C32H35FN10O2/c1-2-19-14-28(44)23(33)15-22(19)20-3-4-21-25(13-20)40-41-30(21)31-38-24-5-9-43(18-27(24)39-31)32(45)26-16-37-29(17-36-26)35-8-12-42-10-6-34-7-11-42/h3-4,13-17,34,44H,2,5-12,18H2,1H3,(H,35,37)(H,38,39)(H,40,41). The number of aromatic hydroxyl groups is 1. The molecule has 0 bridgehead atoms. The van der Waals surface area contributed by atoms with Crippen LogP contribution in [0.25, 0.3) is 33.5 Å². The van der Waals surface area contributed by atoms with Crippen molar-refractivity contribution in [2.75, 3.05) is 51.1 Å². The number of benzene rings is 2. The highest BCUT2D eigenvalue weighted by Gasteiger charge is 2.27. The molecule has 2 aromatic carbocycles. The van der Waals surface area contributed by atoms with Crippen LogP contribution in [0, 0.1) is 5.82 Å². The van der Waals surface area contributed by atoms with Crippen LogP contribution in [-0.4, -0.2) is 96.8 Å². The van der Waals surface area contributed by atoms with Crippen LogP contribution in [0.4, 0.5) is 10.2 Å². The van der Waals surface area contributed by atoms with E-state index in [2.05, 4.69) is 40.7 Å². The molecule has 2 aliphatic rings. The first-order valence-electron chi connectivity index (χ1n) is 15.3. The number of aryl methyl sites for hydroxylation is 1. The summed E-state index contributed by atoms with van der Waals surface area (Å²) in [6, 6.07) is 8.63. The van der Waals surface area contributed by atoms with Crippen molar-refractivity contribution in [2.24, 2.45) is 0 Å². The van der Waals surface area contributed by atoms with E-state index in [1.807, 2.05) is 25.1 Å². The molecule has 5 N–H and O–H groups in total. The molecular formula is C32H35FN10O2. The Morgan fingerprint density at radius 1 is 1.11 bits per heavy atom. The molecule has 45 heavy (non-hydrogen) atoms. The zero-order valence-electron chi connectivity index (χ0n) is 25.0. The van der Waals surface area contributed by atoms with Gasteiger partial charge < -0.3 is 25.6 Å². The third kappa shape index (κ3) is 5.83. The molecule has 0 saturated carbocycles. The number of phenols is 1. The van der Waals surface area contributed by atoms with Crippen LogP contribution in [0.2, 0.25) is 0 Å². The second-order valence-electron chi connectivity index (χ2n) is 11.4. The van der Waals surface area contributed by atoms with Crippen molar-refractivity contribution in [2.45, 2.75) is 26.3 Å². The smallest absolute Gasteiger partial charge is 0.274 e. The van der Waals surface area contributed by atoms with E-state index in [9.17, 15) is 14.3 Å². The number of nitrogens with one attached hydrogen (secondary N) is 4. The van der Waals surface area contributed by atoms with E-state index in [-0.39, 0.29) is 11.7 Å². The van der Waals surface area contributed by atoms with E-state index in [0.717, 1.165) is 78.2 Å². The van der Waals surface area contributed by atoms with E-state index in [0.29, 0.717) is 49.0 Å². The monoisotopic (exact) mass is 610 g/mol. The summed E-state index contributed by atoms with van der Waals surface area (Å²) in [5, 5.41) is 24.9. The molecule has 0 unspecified atom stereocenters. The van der Waals surface area contributed by atoms with Crippen molar-refractivity contribution >= 4 is 22.6 Å². The molecule has 0 aliphatic carbocycles. The second-order valence-corrected chi connectivity index (χ2v) is 11.4. The van der Waals surface area contributed by atoms with E-state index in [1.54, 1.807) is 11.1 Å². The number of aromatic amines is 2. The predicted molar refractivity (Wildman–Crippen MR) is 168 cm³/mol. The summed E-state index contributed by atoms with van der Waals surface area (Å²) < 4.78 is 14.2. The number of rotatable bonds is 8. The number of nitrogens with zero attached hydrogens (tertiary/aromatic N) is 6. The molecule has 7 rings (SSSR count). The Kier molecular flexibility index (Phi) is 7.86. The lowest BCUT2D eigenvalue weighted by molar-refractivity contribution is 0.0725. The Labute approximate surface area is 259 Å². The van der Waals surface area contributed by atoms with Crippen molar-refractivity contribution < 1.29 is 14.3 Å². The van der Waals surface area contributed by atoms with Crippen LogP contribution >= 0.6 is 0 Å². The van der Waals surface area contributed by atoms with E-state index in [1.165, 1.54) is 18.3 Å². The SMILES string of the molecule is CCc1cc(O)c(F)cc1-c1ccc2c(-c3nc4c([nH]3)CN(C(=O)c3cnc(NCCN5CCNCC5)cn3)CC4)n[nH]c2c1. The highest BCUT2D eigenvalue weighted by atomic mass is 19.1. The van der Waals surface area contributed by atoms with Gasteiger partial charge in [0, 0.05) is 57.6 Å². The van der Waals surface area contributed by atoms with Crippen molar-refractivity contribution in [3.63, 3.8) is 0 Å². The third-order valence-corrected chi connectivity index (χ3v) is 8.59. The number of fused-ring (bicyclic) bond motifs is 2. The van der Waals surface area contributed by atoms with Crippen molar-refractivity contribution in [1.29, 1.82) is 0 Å². The van der Waals surface area contributed by atoms with Gasteiger partial charge in [-0.25, -0.2) is 19.3 Å². The van der Waals surface area contributed by atoms with E-state index >= 15 is 0 Å². The van der Waals surface area contributed by atoms with Gasteiger partial charge in [-0.1, -0.05) is 13.0 Å². The quantitative estimate of drug-likeness (QED) is 0.178. The second kappa shape index (κ2) is 12.3. The average Bonchev–Trinajstić information content (AvgIpc) is 3.69. The number of phenolic OH excluding ortho intramolecular Hbond substituents is 1. The topological polar surface area (TPSA) is 151 Å². The molecule has 3 aromatic heterocycles. The highest BCUT2D eigenvalue weighted by Crippen LogP contribution is 2.34. The Bertz CT molecular complexity index is 1850.